The molecule has 6 rings (SSSR count). The maximum absolute atomic E-state index is 5.04. The summed E-state index contributed by atoms with van der Waals surface area (Å²) in [5.74, 6) is 0. The van der Waals surface area contributed by atoms with E-state index in [-0.39, 0.29) is 0 Å². The maximum atomic E-state index is 5.04. The summed E-state index contributed by atoms with van der Waals surface area (Å²) in [5.41, 5.74) is 8.31. The second-order valence-corrected chi connectivity index (χ2v) is 9.29. The molecule has 166 valence electrons. The topological polar surface area (TPSA) is 25.8 Å². The molecule has 2 heterocycles. The van der Waals surface area contributed by atoms with Crippen molar-refractivity contribution < 1.29 is 0 Å². The minimum atomic E-state index is 0.793. The first kappa shape index (κ1) is 21.5. The summed E-state index contributed by atoms with van der Waals surface area (Å²) < 4.78 is 0.793. The van der Waals surface area contributed by atoms with Crippen molar-refractivity contribution in [1.29, 1.82) is 0 Å². The van der Waals surface area contributed by atoms with E-state index in [1.54, 1.807) is 0 Å². The van der Waals surface area contributed by atoms with Gasteiger partial charge in [0.2, 0.25) is 0 Å². The van der Waals surface area contributed by atoms with Crippen LogP contribution in [0.4, 0.5) is 0 Å². The molecule has 0 saturated heterocycles. The Kier molecular flexibility index (Phi) is 5.69. The van der Waals surface area contributed by atoms with Gasteiger partial charge in [0, 0.05) is 5.56 Å². The Bertz CT molecular complexity index is 1660. The van der Waals surface area contributed by atoms with Gasteiger partial charge in [-0.1, -0.05) is 91.0 Å². The highest BCUT2D eigenvalue weighted by molar-refractivity contribution is 9.10. The van der Waals surface area contributed by atoms with Crippen LogP contribution in [0, 0.1) is 0 Å². The van der Waals surface area contributed by atoms with Gasteiger partial charge in [-0.3, -0.25) is 0 Å². The number of halogens is 1. The number of hydrogen-bond donors (Lipinski definition) is 0. The highest BCUT2D eigenvalue weighted by Crippen LogP contribution is 2.32. The molecule has 0 atom stereocenters. The Morgan fingerprint density at radius 3 is 1.91 bits per heavy atom. The standard InChI is InChI=1S/C32H21BrN2/c33-32-15-7-14-29(35-32)31-21-28(22-8-2-1-3-9-22)20-30(34-31)27-13-6-12-25(19-27)26-17-16-23-10-4-5-11-24(23)18-26/h1-21H. The maximum Gasteiger partial charge on any atom is 0.106 e. The van der Waals surface area contributed by atoms with Crippen LogP contribution in [0.2, 0.25) is 0 Å². The van der Waals surface area contributed by atoms with Crippen LogP contribution in [0.15, 0.2) is 132 Å². The van der Waals surface area contributed by atoms with Gasteiger partial charge >= 0.3 is 0 Å². The van der Waals surface area contributed by atoms with Crippen molar-refractivity contribution in [1.82, 2.24) is 9.97 Å². The molecule has 0 amide bonds. The lowest BCUT2D eigenvalue weighted by atomic mass is 9.97. The Labute approximate surface area is 213 Å². The second-order valence-electron chi connectivity index (χ2n) is 8.48. The third-order valence-corrected chi connectivity index (χ3v) is 6.59. The Hall–Kier alpha value is -4.08. The fourth-order valence-electron chi connectivity index (χ4n) is 4.38. The number of fused-ring (bicyclic) bond motifs is 1. The van der Waals surface area contributed by atoms with E-state index in [2.05, 4.69) is 124 Å². The average Bonchev–Trinajstić information content (AvgIpc) is 2.93. The van der Waals surface area contributed by atoms with Crippen molar-refractivity contribution in [3.8, 4) is 44.9 Å². The highest BCUT2D eigenvalue weighted by atomic mass is 79.9. The van der Waals surface area contributed by atoms with Crippen LogP contribution in [0.5, 0.6) is 0 Å². The van der Waals surface area contributed by atoms with Gasteiger partial charge in [-0.15, -0.1) is 0 Å². The fourth-order valence-corrected chi connectivity index (χ4v) is 4.73. The lowest BCUT2D eigenvalue weighted by molar-refractivity contribution is 1.22. The highest BCUT2D eigenvalue weighted by Gasteiger charge is 2.11. The summed E-state index contributed by atoms with van der Waals surface area (Å²) in [6.45, 7) is 0. The molecule has 2 aromatic heterocycles. The van der Waals surface area contributed by atoms with E-state index in [9.17, 15) is 0 Å². The number of aromatic nitrogens is 2. The van der Waals surface area contributed by atoms with Gasteiger partial charge in [-0.25, -0.2) is 9.97 Å². The number of nitrogens with zero attached hydrogens (tertiary/aromatic N) is 2. The summed E-state index contributed by atoms with van der Waals surface area (Å²) in [6.07, 6.45) is 0. The molecule has 35 heavy (non-hydrogen) atoms. The summed E-state index contributed by atoms with van der Waals surface area (Å²) in [6, 6.07) is 44.3. The van der Waals surface area contributed by atoms with E-state index in [0.29, 0.717) is 0 Å². The van der Waals surface area contributed by atoms with Gasteiger partial charge in [0.15, 0.2) is 0 Å². The van der Waals surface area contributed by atoms with Crippen molar-refractivity contribution in [3.05, 3.63) is 132 Å². The first-order valence-electron chi connectivity index (χ1n) is 11.5. The van der Waals surface area contributed by atoms with Gasteiger partial charge in [0.1, 0.15) is 4.60 Å². The summed E-state index contributed by atoms with van der Waals surface area (Å²) in [4.78, 5) is 9.70. The lowest BCUT2D eigenvalue weighted by Gasteiger charge is -2.11. The van der Waals surface area contributed by atoms with Crippen molar-refractivity contribution in [2.75, 3.05) is 0 Å². The molecule has 0 bridgehead atoms. The van der Waals surface area contributed by atoms with Crippen LogP contribution in [0.3, 0.4) is 0 Å². The van der Waals surface area contributed by atoms with Crippen LogP contribution < -0.4 is 0 Å². The second kappa shape index (κ2) is 9.28. The SMILES string of the molecule is Brc1cccc(-c2cc(-c3ccccc3)cc(-c3cccc(-c4ccc5ccccc5c4)c3)n2)n1. The number of pyridine rings is 2. The molecule has 0 saturated carbocycles. The molecule has 2 nitrogen and oxygen atoms in total. The monoisotopic (exact) mass is 512 g/mol. The minimum absolute atomic E-state index is 0.793. The molecule has 0 fully saturated rings. The predicted octanol–water partition coefficient (Wildman–Crippen LogP) is 9.06. The van der Waals surface area contributed by atoms with Gasteiger partial charge in [-0.2, -0.15) is 0 Å². The van der Waals surface area contributed by atoms with E-state index < -0.39 is 0 Å². The zero-order chi connectivity index (χ0) is 23.6. The third-order valence-electron chi connectivity index (χ3n) is 6.15. The molecule has 3 heteroatoms. The van der Waals surface area contributed by atoms with Crippen molar-refractivity contribution >= 4 is 26.7 Å². The van der Waals surface area contributed by atoms with E-state index >= 15 is 0 Å². The predicted molar refractivity (Wildman–Crippen MR) is 149 cm³/mol. The van der Waals surface area contributed by atoms with Gasteiger partial charge in [-0.05, 0) is 85.4 Å². The van der Waals surface area contributed by atoms with Crippen molar-refractivity contribution in [2.45, 2.75) is 0 Å². The Morgan fingerprint density at radius 2 is 1.06 bits per heavy atom. The van der Waals surface area contributed by atoms with Gasteiger partial charge < -0.3 is 0 Å². The normalized spacial score (nSPS) is 11.0. The molecule has 6 aromatic rings. The van der Waals surface area contributed by atoms with Gasteiger partial charge in [0.05, 0.1) is 17.1 Å². The molecule has 4 aromatic carbocycles. The summed E-state index contributed by atoms with van der Waals surface area (Å²) >= 11 is 3.50. The molecular formula is C32H21BrN2. The molecule has 0 unspecified atom stereocenters. The third kappa shape index (κ3) is 4.51. The summed E-state index contributed by atoms with van der Waals surface area (Å²) in [5, 5.41) is 2.48. The number of rotatable bonds is 4. The molecule has 0 aliphatic rings. The zero-order valence-electron chi connectivity index (χ0n) is 18.9. The van der Waals surface area contributed by atoms with E-state index in [1.165, 1.54) is 21.9 Å². The quantitative estimate of drug-likeness (QED) is 0.220. The number of hydrogen-bond acceptors (Lipinski definition) is 2. The zero-order valence-corrected chi connectivity index (χ0v) is 20.5. The smallest absolute Gasteiger partial charge is 0.106 e. The van der Waals surface area contributed by atoms with Crippen molar-refractivity contribution in [2.24, 2.45) is 0 Å². The van der Waals surface area contributed by atoms with E-state index in [1.807, 2.05) is 24.3 Å². The molecular weight excluding hydrogens is 492 g/mol. The first-order chi connectivity index (χ1) is 17.2. The van der Waals surface area contributed by atoms with Crippen LogP contribution in [0.25, 0.3) is 55.7 Å². The van der Waals surface area contributed by atoms with Crippen LogP contribution in [-0.2, 0) is 0 Å². The Balaban J connectivity index is 1.49. The Morgan fingerprint density at radius 1 is 0.371 bits per heavy atom. The first-order valence-corrected chi connectivity index (χ1v) is 12.3. The van der Waals surface area contributed by atoms with Crippen LogP contribution in [0.1, 0.15) is 0 Å². The minimum Gasteiger partial charge on any atom is -0.246 e. The molecule has 0 spiro atoms. The van der Waals surface area contributed by atoms with Crippen LogP contribution >= 0.6 is 15.9 Å². The lowest BCUT2D eigenvalue weighted by Crippen LogP contribution is -1.93. The fraction of sp³-hybridized carbons (Fsp3) is 0. The molecule has 0 radical (unpaired) electrons. The molecule has 0 N–H and O–H groups in total. The van der Waals surface area contributed by atoms with E-state index in [4.69, 9.17) is 4.98 Å². The summed E-state index contributed by atoms with van der Waals surface area (Å²) in [7, 11) is 0. The largest absolute Gasteiger partial charge is 0.246 e. The van der Waals surface area contributed by atoms with Crippen molar-refractivity contribution in [3.63, 3.8) is 0 Å². The number of benzene rings is 4. The van der Waals surface area contributed by atoms with Crippen LogP contribution in [-0.4, -0.2) is 9.97 Å². The average molecular weight is 513 g/mol. The molecule has 0 aliphatic heterocycles. The van der Waals surface area contributed by atoms with E-state index in [0.717, 1.165) is 38.4 Å². The van der Waals surface area contributed by atoms with Gasteiger partial charge in [0.25, 0.3) is 0 Å². The molecule has 0 aliphatic carbocycles.